The molecule has 0 bridgehead atoms. The SMILES string of the molecule is Cc1cccc(-c2sc(C3CC3)nc2C(=O)[C@@H](NC(=O)c2cccc(C#N)c2)C2CCCCN2)c1. The molecule has 2 N–H and O–H groups in total. The van der Waals surface area contributed by atoms with Gasteiger partial charge in [0.2, 0.25) is 5.78 Å². The molecule has 1 aliphatic heterocycles. The smallest absolute Gasteiger partial charge is 0.251 e. The Morgan fingerprint density at radius 1 is 1.14 bits per heavy atom. The maximum atomic E-state index is 14.1. The minimum atomic E-state index is -0.744. The maximum Gasteiger partial charge on any atom is 0.251 e. The van der Waals surface area contributed by atoms with Crippen molar-refractivity contribution >= 4 is 23.0 Å². The number of hydrogen-bond donors (Lipinski definition) is 2. The van der Waals surface area contributed by atoms with Gasteiger partial charge in [-0.15, -0.1) is 11.3 Å². The van der Waals surface area contributed by atoms with E-state index >= 15 is 0 Å². The van der Waals surface area contributed by atoms with E-state index in [1.165, 1.54) is 0 Å². The van der Waals surface area contributed by atoms with Gasteiger partial charge in [-0.2, -0.15) is 5.26 Å². The molecule has 1 saturated heterocycles. The molecule has 3 aromatic rings. The maximum absolute atomic E-state index is 14.1. The third-order valence-corrected chi connectivity index (χ3v) is 7.92. The van der Waals surface area contributed by atoms with Crippen molar-refractivity contribution in [3.8, 4) is 16.5 Å². The fourth-order valence-electron chi connectivity index (χ4n) is 4.60. The lowest BCUT2D eigenvalue weighted by molar-refractivity contribution is 0.0823. The Bertz CT molecular complexity index is 1300. The number of carbonyl (C=O) groups excluding carboxylic acids is 2. The molecular formula is C28H28N4O2S. The highest BCUT2D eigenvalue weighted by Gasteiger charge is 2.36. The molecule has 1 aromatic heterocycles. The van der Waals surface area contributed by atoms with Crippen LogP contribution >= 0.6 is 11.3 Å². The van der Waals surface area contributed by atoms with Gasteiger partial charge in [0.25, 0.3) is 5.91 Å². The minimum absolute atomic E-state index is 0.158. The second-order valence-electron chi connectivity index (χ2n) is 9.44. The third kappa shape index (κ3) is 5.19. The average molecular weight is 485 g/mol. The molecule has 6 nitrogen and oxygen atoms in total. The van der Waals surface area contributed by atoms with E-state index in [4.69, 9.17) is 4.98 Å². The highest BCUT2D eigenvalue weighted by Crippen LogP contribution is 2.45. The number of aromatic nitrogens is 1. The molecule has 5 rings (SSSR count). The van der Waals surface area contributed by atoms with E-state index in [1.54, 1.807) is 35.6 Å². The summed E-state index contributed by atoms with van der Waals surface area (Å²) < 4.78 is 0. The van der Waals surface area contributed by atoms with E-state index in [0.29, 0.717) is 22.7 Å². The lowest BCUT2D eigenvalue weighted by Crippen LogP contribution is -2.55. The van der Waals surface area contributed by atoms with Gasteiger partial charge in [-0.1, -0.05) is 42.3 Å². The van der Waals surface area contributed by atoms with E-state index in [2.05, 4.69) is 22.8 Å². The van der Waals surface area contributed by atoms with Crippen molar-refractivity contribution in [1.82, 2.24) is 15.6 Å². The molecule has 0 radical (unpaired) electrons. The number of carbonyl (C=O) groups is 2. The summed E-state index contributed by atoms with van der Waals surface area (Å²) in [6, 6.07) is 15.9. The molecule has 2 aliphatic rings. The van der Waals surface area contributed by atoms with Gasteiger partial charge in [0.05, 0.1) is 21.5 Å². The van der Waals surface area contributed by atoms with Gasteiger partial charge >= 0.3 is 0 Å². The largest absolute Gasteiger partial charge is 0.340 e. The van der Waals surface area contributed by atoms with E-state index in [0.717, 1.165) is 59.7 Å². The van der Waals surface area contributed by atoms with Crippen LogP contribution in [0.1, 0.15) is 75.0 Å². The number of rotatable bonds is 7. The Balaban J connectivity index is 1.51. The Hall–Kier alpha value is -3.34. The molecular weight excluding hydrogens is 456 g/mol. The highest BCUT2D eigenvalue weighted by molar-refractivity contribution is 7.15. The molecule has 2 aromatic carbocycles. The molecule has 0 spiro atoms. The van der Waals surface area contributed by atoms with Gasteiger partial charge in [-0.05, 0) is 62.9 Å². The molecule has 178 valence electrons. The fraction of sp³-hybridized carbons (Fsp3) is 0.357. The lowest BCUT2D eigenvalue weighted by Gasteiger charge is -2.31. The molecule has 1 saturated carbocycles. The summed E-state index contributed by atoms with van der Waals surface area (Å²) in [7, 11) is 0. The highest BCUT2D eigenvalue weighted by atomic mass is 32.1. The molecule has 7 heteroatoms. The second-order valence-corrected chi connectivity index (χ2v) is 10.5. The summed E-state index contributed by atoms with van der Waals surface area (Å²) in [6.07, 6.45) is 5.05. The Morgan fingerprint density at radius 2 is 1.97 bits per heavy atom. The summed E-state index contributed by atoms with van der Waals surface area (Å²) in [5, 5.41) is 16.7. The van der Waals surface area contributed by atoms with Crippen LogP contribution in [0.5, 0.6) is 0 Å². The molecule has 2 heterocycles. The molecule has 2 fully saturated rings. The standard InChI is InChI=1S/C28H28N4O2S/c1-17-6-4-8-20(14-17)26-24(32-28(35-26)19-11-12-19)25(33)23(22-10-2-3-13-30-22)31-27(34)21-9-5-7-18(15-21)16-29/h4-9,14-15,19,22-23,30H,2-3,10-13H2,1H3,(H,31,34)/t22?,23-/m0/s1. The number of aryl methyl sites for hydroxylation is 1. The van der Waals surface area contributed by atoms with Crippen LogP contribution in [0.3, 0.4) is 0 Å². The molecule has 1 aliphatic carbocycles. The van der Waals surface area contributed by atoms with Crippen molar-refractivity contribution in [1.29, 1.82) is 5.26 Å². The number of amides is 1. The van der Waals surface area contributed by atoms with Crippen LogP contribution < -0.4 is 10.6 Å². The van der Waals surface area contributed by atoms with E-state index < -0.39 is 6.04 Å². The normalized spacial score (nSPS) is 18.5. The zero-order valence-electron chi connectivity index (χ0n) is 19.7. The van der Waals surface area contributed by atoms with Gasteiger partial charge in [0, 0.05) is 17.5 Å². The summed E-state index contributed by atoms with van der Waals surface area (Å²) in [5.41, 5.74) is 3.34. The number of Topliss-reactive ketones (excluding diaryl/α,β-unsaturated/α-hetero) is 1. The third-order valence-electron chi connectivity index (χ3n) is 6.66. The van der Waals surface area contributed by atoms with Crippen molar-refractivity contribution in [2.24, 2.45) is 0 Å². The van der Waals surface area contributed by atoms with E-state index in [9.17, 15) is 14.9 Å². The van der Waals surface area contributed by atoms with Crippen LogP contribution in [0, 0.1) is 18.3 Å². The van der Waals surface area contributed by atoms with Gasteiger partial charge < -0.3 is 10.6 Å². The van der Waals surface area contributed by atoms with Crippen LogP contribution in [0.4, 0.5) is 0 Å². The number of nitriles is 1. The van der Waals surface area contributed by atoms with Crippen LogP contribution in [0.2, 0.25) is 0 Å². The summed E-state index contributed by atoms with van der Waals surface area (Å²) in [6.45, 7) is 2.85. The predicted octanol–water partition coefficient (Wildman–Crippen LogP) is 4.99. The van der Waals surface area contributed by atoms with Gasteiger partial charge in [-0.25, -0.2) is 4.98 Å². The van der Waals surface area contributed by atoms with Crippen molar-refractivity contribution in [3.63, 3.8) is 0 Å². The number of ketones is 1. The lowest BCUT2D eigenvalue weighted by atomic mass is 9.92. The zero-order valence-corrected chi connectivity index (χ0v) is 20.5. The number of nitrogens with one attached hydrogen (secondary N) is 2. The molecule has 35 heavy (non-hydrogen) atoms. The summed E-state index contributed by atoms with van der Waals surface area (Å²) in [5.74, 6) is -0.0869. The Labute approximate surface area is 209 Å². The Kier molecular flexibility index (Phi) is 6.76. The van der Waals surface area contributed by atoms with Gasteiger partial charge in [0.15, 0.2) is 0 Å². The summed E-state index contributed by atoms with van der Waals surface area (Å²) >= 11 is 1.60. The molecule has 2 atom stereocenters. The predicted molar refractivity (Wildman–Crippen MR) is 137 cm³/mol. The molecule has 1 amide bonds. The first kappa shape index (κ1) is 23.4. The van der Waals surface area contributed by atoms with E-state index in [-0.39, 0.29) is 17.7 Å². The number of nitrogens with zero attached hydrogens (tertiary/aromatic N) is 2. The van der Waals surface area contributed by atoms with Crippen molar-refractivity contribution in [2.75, 3.05) is 6.54 Å². The summed E-state index contributed by atoms with van der Waals surface area (Å²) in [4.78, 5) is 33.0. The average Bonchev–Trinajstić information content (AvgIpc) is 3.65. The first-order valence-corrected chi connectivity index (χ1v) is 13.0. The van der Waals surface area contributed by atoms with Crippen molar-refractivity contribution in [3.05, 3.63) is 75.9 Å². The van der Waals surface area contributed by atoms with Crippen molar-refractivity contribution in [2.45, 2.75) is 57.0 Å². The van der Waals surface area contributed by atoms with Crippen molar-refractivity contribution < 1.29 is 9.59 Å². The van der Waals surface area contributed by atoms with Crippen LogP contribution in [-0.2, 0) is 0 Å². The Morgan fingerprint density at radius 3 is 2.69 bits per heavy atom. The second kappa shape index (κ2) is 10.1. The quantitative estimate of drug-likeness (QED) is 0.461. The number of piperidine rings is 1. The minimum Gasteiger partial charge on any atom is -0.340 e. The monoisotopic (exact) mass is 484 g/mol. The van der Waals surface area contributed by atoms with E-state index in [1.807, 2.05) is 25.1 Å². The van der Waals surface area contributed by atoms with Crippen LogP contribution in [0.15, 0.2) is 48.5 Å². The number of benzene rings is 2. The number of hydrogen-bond acceptors (Lipinski definition) is 6. The van der Waals surface area contributed by atoms with Gasteiger partial charge in [0.1, 0.15) is 11.7 Å². The first-order chi connectivity index (χ1) is 17.0. The topological polar surface area (TPSA) is 94.9 Å². The van der Waals surface area contributed by atoms with Crippen LogP contribution in [0.25, 0.3) is 10.4 Å². The van der Waals surface area contributed by atoms with Gasteiger partial charge in [-0.3, -0.25) is 9.59 Å². The fourth-order valence-corrected chi connectivity index (χ4v) is 5.84. The van der Waals surface area contributed by atoms with Crippen LogP contribution in [-0.4, -0.2) is 35.3 Å². The number of thiazole rings is 1. The molecule has 1 unspecified atom stereocenters. The zero-order chi connectivity index (χ0) is 24.4. The first-order valence-electron chi connectivity index (χ1n) is 12.2.